The molecule has 0 heterocycles. The second kappa shape index (κ2) is 7.33. The van der Waals surface area contributed by atoms with Crippen molar-refractivity contribution >= 4 is 49.0 Å². The Bertz CT molecular complexity index is 743. The van der Waals surface area contributed by atoms with Gasteiger partial charge in [-0.1, -0.05) is 15.9 Å². The molecule has 0 aliphatic rings. The molecule has 0 radical (unpaired) electrons. The molecule has 7 heteroatoms. The predicted molar refractivity (Wildman–Crippen MR) is 92.0 cm³/mol. The Balaban J connectivity index is 2.04. The maximum Gasteiger partial charge on any atom is 0.270 e. The first-order chi connectivity index (χ1) is 10.5. The number of nitro groups is 1. The molecule has 112 valence electrons. The number of ketones is 1. The molecule has 0 aliphatic heterocycles. The van der Waals surface area contributed by atoms with Crippen molar-refractivity contribution in [3.8, 4) is 0 Å². The Labute approximate surface area is 143 Å². The molecule has 2 aromatic carbocycles. The minimum atomic E-state index is -0.471. The van der Waals surface area contributed by atoms with Crippen molar-refractivity contribution in [3.63, 3.8) is 0 Å². The molecule has 0 bridgehead atoms. The van der Waals surface area contributed by atoms with Gasteiger partial charge in [0, 0.05) is 38.9 Å². The van der Waals surface area contributed by atoms with Crippen LogP contribution in [0.4, 0.5) is 11.4 Å². The van der Waals surface area contributed by atoms with Gasteiger partial charge in [0.2, 0.25) is 0 Å². The Morgan fingerprint density at radius 2 is 1.82 bits per heavy atom. The smallest absolute Gasteiger partial charge is 0.270 e. The fourth-order valence-corrected chi connectivity index (χ4v) is 2.40. The highest BCUT2D eigenvalue weighted by molar-refractivity contribution is 9.10. The normalized spacial score (nSPS) is 10.6. The zero-order chi connectivity index (χ0) is 16.1. The average Bonchev–Trinajstić information content (AvgIpc) is 2.49. The van der Waals surface area contributed by atoms with Gasteiger partial charge in [0.05, 0.1) is 10.6 Å². The standard InChI is InChI=1S/C15H10Br2N2O3/c16-11-3-1-10(2-4-11)15(20)7-8-18-14-6-5-12(19(21)22)9-13(14)17/h1-9,18H/b8-7+. The summed E-state index contributed by atoms with van der Waals surface area (Å²) >= 11 is 6.55. The van der Waals surface area contributed by atoms with E-state index in [4.69, 9.17) is 0 Å². The monoisotopic (exact) mass is 424 g/mol. The lowest BCUT2D eigenvalue weighted by atomic mass is 10.1. The minimum absolute atomic E-state index is 0.00709. The number of nitro benzene ring substituents is 1. The molecule has 0 atom stereocenters. The van der Waals surface area contributed by atoms with Crippen LogP contribution in [-0.2, 0) is 0 Å². The first-order valence-electron chi connectivity index (χ1n) is 6.14. The molecular weight excluding hydrogens is 416 g/mol. The number of rotatable bonds is 5. The number of nitrogens with one attached hydrogen (secondary N) is 1. The minimum Gasteiger partial charge on any atom is -0.361 e. The maximum atomic E-state index is 11.9. The zero-order valence-corrected chi connectivity index (χ0v) is 14.3. The number of hydrogen-bond acceptors (Lipinski definition) is 4. The van der Waals surface area contributed by atoms with Gasteiger partial charge in [0.1, 0.15) is 0 Å². The van der Waals surface area contributed by atoms with E-state index in [-0.39, 0.29) is 11.5 Å². The molecule has 0 spiro atoms. The van der Waals surface area contributed by atoms with E-state index in [0.717, 1.165) is 4.47 Å². The molecule has 0 aromatic heterocycles. The second-order valence-electron chi connectivity index (χ2n) is 4.27. The zero-order valence-electron chi connectivity index (χ0n) is 11.1. The summed E-state index contributed by atoms with van der Waals surface area (Å²) in [6.45, 7) is 0. The van der Waals surface area contributed by atoms with Crippen molar-refractivity contribution in [2.45, 2.75) is 0 Å². The van der Waals surface area contributed by atoms with Gasteiger partial charge in [-0.3, -0.25) is 14.9 Å². The SMILES string of the molecule is O=C(/C=C/Nc1ccc([N+](=O)[O-])cc1Br)c1ccc(Br)cc1. The lowest BCUT2D eigenvalue weighted by Crippen LogP contribution is -1.97. The number of hydrogen-bond donors (Lipinski definition) is 1. The van der Waals surface area contributed by atoms with Crippen molar-refractivity contribution < 1.29 is 9.72 Å². The summed E-state index contributed by atoms with van der Waals surface area (Å²) < 4.78 is 1.45. The van der Waals surface area contributed by atoms with Crippen LogP contribution < -0.4 is 5.32 Å². The van der Waals surface area contributed by atoms with Crippen molar-refractivity contribution in [3.05, 3.63) is 79.4 Å². The molecule has 5 nitrogen and oxygen atoms in total. The Morgan fingerprint density at radius 1 is 1.14 bits per heavy atom. The Hall–Kier alpha value is -1.99. The molecule has 0 amide bonds. The highest BCUT2D eigenvalue weighted by atomic mass is 79.9. The molecular formula is C15H10Br2N2O3. The lowest BCUT2D eigenvalue weighted by Gasteiger charge is -2.03. The third-order valence-corrected chi connectivity index (χ3v) is 3.95. The highest BCUT2D eigenvalue weighted by Crippen LogP contribution is 2.27. The van der Waals surface area contributed by atoms with Gasteiger partial charge >= 0.3 is 0 Å². The van der Waals surface area contributed by atoms with Crippen LogP contribution in [-0.4, -0.2) is 10.7 Å². The Morgan fingerprint density at radius 3 is 2.41 bits per heavy atom. The number of non-ortho nitro benzene ring substituents is 1. The summed E-state index contributed by atoms with van der Waals surface area (Å²) in [5.41, 5.74) is 1.20. The van der Waals surface area contributed by atoms with Crippen molar-refractivity contribution in [2.75, 3.05) is 5.32 Å². The van der Waals surface area contributed by atoms with E-state index in [9.17, 15) is 14.9 Å². The van der Waals surface area contributed by atoms with Crippen LogP contribution in [0.3, 0.4) is 0 Å². The first kappa shape index (κ1) is 16.4. The van der Waals surface area contributed by atoms with Gasteiger partial charge in [0.15, 0.2) is 5.78 Å². The molecule has 1 N–H and O–H groups in total. The number of benzene rings is 2. The lowest BCUT2D eigenvalue weighted by molar-refractivity contribution is -0.384. The summed E-state index contributed by atoms with van der Waals surface area (Å²) in [6, 6.07) is 11.4. The summed E-state index contributed by atoms with van der Waals surface area (Å²) in [5, 5.41) is 13.6. The summed E-state index contributed by atoms with van der Waals surface area (Å²) in [6.07, 6.45) is 2.90. The highest BCUT2D eigenvalue weighted by Gasteiger charge is 2.08. The molecule has 2 rings (SSSR count). The number of carbonyl (C=O) groups excluding carboxylic acids is 1. The van der Waals surface area contributed by atoms with Crippen LogP contribution in [0.25, 0.3) is 0 Å². The van der Waals surface area contributed by atoms with Gasteiger partial charge in [-0.25, -0.2) is 0 Å². The summed E-state index contributed by atoms with van der Waals surface area (Å²) in [5.74, 6) is -0.141. The van der Waals surface area contributed by atoms with Crippen molar-refractivity contribution in [1.82, 2.24) is 0 Å². The van der Waals surface area contributed by atoms with Crippen molar-refractivity contribution in [1.29, 1.82) is 0 Å². The van der Waals surface area contributed by atoms with E-state index < -0.39 is 4.92 Å². The number of nitrogens with zero attached hydrogens (tertiary/aromatic N) is 1. The molecule has 2 aromatic rings. The van der Waals surface area contributed by atoms with Crippen LogP contribution >= 0.6 is 31.9 Å². The van der Waals surface area contributed by atoms with E-state index in [1.54, 1.807) is 30.3 Å². The molecule has 0 fully saturated rings. The van der Waals surface area contributed by atoms with Gasteiger partial charge in [0.25, 0.3) is 5.69 Å². The van der Waals surface area contributed by atoms with Crippen LogP contribution in [0.2, 0.25) is 0 Å². The van der Waals surface area contributed by atoms with Gasteiger partial charge in [-0.05, 0) is 46.3 Å². The van der Waals surface area contributed by atoms with Gasteiger partial charge in [-0.2, -0.15) is 0 Å². The topological polar surface area (TPSA) is 72.2 Å². The van der Waals surface area contributed by atoms with E-state index in [2.05, 4.69) is 37.2 Å². The first-order valence-corrected chi connectivity index (χ1v) is 7.73. The van der Waals surface area contributed by atoms with E-state index >= 15 is 0 Å². The predicted octanol–water partition coefficient (Wildman–Crippen LogP) is 4.93. The van der Waals surface area contributed by atoms with E-state index in [1.807, 2.05) is 0 Å². The second-order valence-corrected chi connectivity index (χ2v) is 6.04. The fraction of sp³-hybridized carbons (Fsp3) is 0. The van der Waals surface area contributed by atoms with E-state index in [1.165, 1.54) is 24.4 Å². The Kier molecular flexibility index (Phi) is 5.46. The van der Waals surface area contributed by atoms with Crippen LogP contribution in [0.15, 0.2) is 63.7 Å². The molecule has 0 aliphatic carbocycles. The van der Waals surface area contributed by atoms with Gasteiger partial charge < -0.3 is 5.32 Å². The average molecular weight is 426 g/mol. The number of anilines is 1. The number of carbonyl (C=O) groups is 1. The van der Waals surface area contributed by atoms with E-state index in [0.29, 0.717) is 15.7 Å². The molecule has 0 unspecified atom stereocenters. The summed E-state index contributed by atoms with van der Waals surface area (Å²) in [7, 11) is 0. The van der Waals surface area contributed by atoms with Crippen LogP contribution in [0.1, 0.15) is 10.4 Å². The largest absolute Gasteiger partial charge is 0.361 e. The van der Waals surface area contributed by atoms with Crippen LogP contribution in [0.5, 0.6) is 0 Å². The summed E-state index contributed by atoms with van der Waals surface area (Å²) in [4.78, 5) is 22.1. The van der Waals surface area contributed by atoms with Crippen LogP contribution in [0, 0.1) is 10.1 Å². The molecule has 0 saturated carbocycles. The molecule has 22 heavy (non-hydrogen) atoms. The molecule has 0 saturated heterocycles. The number of allylic oxidation sites excluding steroid dienone is 1. The number of halogens is 2. The third kappa shape index (κ3) is 4.25. The quantitative estimate of drug-likeness (QED) is 0.319. The van der Waals surface area contributed by atoms with Crippen molar-refractivity contribution in [2.24, 2.45) is 0 Å². The maximum absolute atomic E-state index is 11.9. The fourth-order valence-electron chi connectivity index (χ4n) is 1.65. The van der Waals surface area contributed by atoms with Gasteiger partial charge in [-0.15, -0.1) is 0 Å². The third-order valence-electron chi connectivity index (χ3n) is 2.77.